The summed E-state index contributed by atoms with van der Waals surface area (Å²) < 4.78 is 15.6. The monoisotopic (exact) mass is 316 g/mol. The molecule has 2 rings (SSSR count). The predicted octanol–water partition coefficient (Wildman–Crippen LogP) is 3.08. The molecule has 0 aromatic heterocycles. The maximum atomic E-state index is 12.2. The lowest BCUT2D eigenvalue weighted by molar-refractivity contribution is -0.142. The fourth-order valence-corrected chi connectivity index (χ4v) is 2.37. The highest BCUT2D eigenvalue weighted by Gasteiger charge is 2.29. The van der Waals surface area contributed by atoms with Crippen LogP contribution < -0.4 is 0 Å². The minimum absolute atomic E-state index is 0.306. The van der Waals surface area contributed by atoms with Crippen molar-refractivity contribution < 1.29 is 23.8 Å². The minimum Gasteiger partial charge on any atom is -0.468 e. The van der Waals surface area contributed by atoms with Crippen molar-refractivity contribution in [3.05, 3.63) is 59.6 Å². The standard InChI is InChI=1S/C18H20O5/c1-3-22-16(19)12-14-10-7-11-15(23-14)17(18(20)21-2)13-8-5-4-6-9-13/h4-6,8-9,11-12,17H,3,7,10H2,1-2H3/b14-12+. The number of benzene rings is 1. The molecule has 5 heteroatoms. The number of carbonyl (C=O) groups is 2. The average Bonchev–Trinajstić information content (AvgIpc) is 2.56. The van der Waals surface area contributed by atoms with Crippen LogP contribution in [0, 0.1) is 0 Å². The highest BCUT2D eigenvalue weighted by atomic mass is 16.5. The lowest BCUT2D eigenvalue weighted by atomic mass is 9.95. The summed E-state index contributed by atoms with van der Waals surface area (Å²) >= 11 is 0. The van der Waals surface area contributed by atoms with Crippen LogP contribution in [0.2, 0.25) is 0 Å². The van der Waals surface area contributed by atoms with Crippen LogP contribution in [0.1, 0.15) is 31.2 Å². The molecule has 122 valence electrons. The second kappa shape index (κ2) is 8.17. The Hall–Kier alpha value is -2.56. The number of hydrogen-bond acceptors (Lipinski definition) is 5. The number of carbonyl (C=O) groups excluding carboxylic acids is 2. The highest BCUT2D eigenvalue weighted by Crippen LogP contribution is 2.32. The molecule has 0 fully saturated rings. The molecular formula is C18H20O5. The van der Waals surface area contributed by atoms with Gasteiger partial charge in [-0.1, -0.05) is 30.3 Å². The number of hydrogen-bond donors (Lipinski definition) is 0. The Morgan fingerprint density at radius 3 is 2.70 bits per heavy atom. The lowest BCUT2D eigenvalue weighted by Crippen LogP contribution is -2.20. The molecule has 1 unspecified atom stereocenters. The molecule has 0 radical (unpaired) electrons. The molecule has 0 aliphatic carbocycles. The van der Waals surface area contributed by atoms with E-state index in [1.165, 1.54) is 13.2 Å². The summed E-state index contributed by atoms with van der Waals surface area (Å²) in [5, 5.41) is 0. The normalized spacial score (nSPS) is 17.0. The average molecular weight is 316 g/mol. The number of methoxy groups -OCH3 is 1. The maximum Gasteiger partial charge on any atom is 0.334 e. The summed E-state index contributed by atoms with van der Waals surface area (Å²) in [6.45, 7) is 2.05. The van der Waals surface area contributed by atoms with Gasteiger partial charge in [-0.2, -0.15) is 0 Å². The Labute approximate surface area is 135 Å². The third-order valence-electron chi connectivity index (χ3n) is 3.40. The number of ether oxygens (including phenoxy) is 3. The van der Waals surface area contributed by atoms with Gasteiger partial charge in [0.2, 0.25) is 0 Å². The van der Waals surface area contributed by atoms with Crippen LogP contribution in [0.5, 0.6) is 0 Å². The molecule has 0 saturated carbocycles. The zero-order chi connectivity index (χ0) is 16.7. The van der Waals surface area contributed by atoms with Crippen molar-refractivity contribution in [1.82, 2.24) is 0 Å². The van der Waals surface area contributed by atoms with Gasteiger partial charge in [-0.05, 0) is 25.0 Å². The van der Waals surface area contributed by atoms with Gasteiger partial charge in [0.05, 0.1) is 19.8 Å². The molecule has 1 aromatic rings. The first kappa shape index (κ1) is 16.8. The third-order valence-corrected chi connectivity index (χ3v) is 3.40. The van der Waals surface area contributed by atoms with Gasteiger partial charge >= 0.3 is 11.9 Å². The van der Waals surface area contributed by atoms with Crippen LogP contribution >= 0.6 is 0 Å². The fourth-order valence-electron chi connectivity index (χ4n) is 2.37. The van der Waals surface area contributed by atoms with Crippen molar-refractivity contribution in [3.8, 4) is 0 Å². The SMILES string of the molecule is CCOC(=O)/C=C1\CCC=C(C(C(=O)OC)c2ccccc2)O1. The summed E-state index contributed by atoms with van der Waals surface area (Å²) in [5.41, 5.74) is 0.781. The summed E-state index contributed by atoms with van der Waals surface area (Å²) in [7, 11) is 1.34. The van der Waals surface area contributed by atoms with Crippen molar-refractivity contribution >= 4 is 11.9 Å². The molecule has 0 saturated heterocycles. The molecule has 0 N–H and O–H groups in total. The molecule has 1 aliphatic heterocycles. The second-order valence-electron chi connectivity index (χ2n) is 4.98. The van der Waals surface area contributed by atoms with Crippen molar-refractivity contribution in [2.45, 2.75) is 25.7 Å². The van der Waals surface area contributed by atoms with Crippen LogP contribution in [-0.2, 0) is 23.8 Å². The zero-order valence-corrected chi connectivity index (χ0v) is 13.3. The molecule has 1 heterocycles. The predicted molar refractivity (Wildman–Crippen MR) is 84.3 cm³/mol. The highest BCUT2D eigenvalue weighted by molar-refractivity contribution is 5.83. The van der Waals surface area contributed by atoms with E-state index in [9.17, 15) is 9.59 Å². The molecule has 1 aromatic carbocycles. The topological polar surface area (TPSA) is 61.8 Å². The van der Waals surface area contributed by atoms with Crippen molar-refractivity contribution in [2.75, 3.05) is 13.7 Å². The van der Waals surface area contributed by atoms with E-state index in [0.717, 1.165) is 5.56 Å². The molecule has 5 nitrogen and oxygen atoms in total. The molecule has 23 heavy (non-hydrogen) atoms. The van der Waals surface area contributed by atoms with E-state index in [2.05, 4.69) is 0 Å². The molecule has 0 bridgehead atoms. The van der Waals surface area contributed by atoms with E-state index in [1.54, 1.807) is 6.92 Å². The summed E-state index contributed by atoms with van der Waals surface area (Å²) in [6.07, 6.45) is 4.46. The molecule has 1 atom stereocenters. The lowest BCUT2D eigenvalue weighted by Gasteiger charge is -2.23. The number of rotatable bonds is 5. The Morgan fingerprint density at radius 2 is 2.04 bits per heavy atom. The van der Waals surface area contributed by atoms with E-state index in [1.807, 2.05) is 36.4 Å². The second-order valence-corrected chi connectivity index (χ2v) is 4.98. The smallest absolute Gasteiger partial charge is 0.334 e. The van der Waals surface area contributed by atoms with E-state index >= 15 is 0 Å². The fraction of sp³-hybridized carbons (Fsp3) is 0.333. The van der Waals surface area contributed by atoms with Crippen LogP contribution in [0.3, 0.4) is 0 Å². The Balaban J connectivity index is 2.24. The van der Waals surface area contributed by atoms with E-state index in [-0.39, 0.29) is 0 Å². The van der Waals surface area contributed by atoms with Gasteiger partial charge in [0.25, 0.3) is 0 Å². The van der Waals surface area contributed by atoms with Gasteiger partial charge in [-0.3, -0.25) is 4.79 Å². The minimum atomic E-state index is -0.646. The van der Waals surface area contributed by atoms with E-state index in [4.69, 9.17) is 14.2 Å². The van der Waals surface area contributed by atoms with Gasteiger partial charge < -0.3 is 14.2 Å². The van der Waals surface area contributed by atoms with Crippen molar-refractivity contribution in [1.29, 1.82) is 0 Å². The van der Waals surface area contributed by atoms with Gasteiger partial charge in [-0.25, -0.2) is 4.79 Å². The van der Waals surface area contributed by atoms with Gasteiger partial charge in [0.1, 0.15) is 17.4 Å². The molecular weight excluding hydrogens is 296 g/mol. The van der Waals surface area contributed by atoms with Crippen LogP contribution in [0.15, 0.2) is 54.0 Å². The molecule has 0 spiro atoms. The Morgan fingerprint density at radius 1 is 1.30 bits per heavy atom. The van der Waals surface area contributed by atoms with Crippen LogP contribution in [0.25, 0.3) is 0 Å². The first-order chi connectivity index (χ1) is 11.2. The first-order valence-corrected chi connectivity index (χ1v) is 7.53. The number of allylic oxidation sites excluding steroid dienone is 2. The largest absolute Gasteiger partial charge is 0.468 e. The van der Waals surface area contributed by atoms with Crippen molar-refractivity contribution in [3.63, 3.8) is 0 Å². The summed E-state index contributed by atoms with van der Waals surface area (Å²) in [4.78, 5) is 23.7. The van der Waals surface area contributed by atoms with E-state index < -0.39 is 17.9 Å². The summed E-state index contributed by atoms with van der Waals surface area (Å²) in [6, 6.07) is 9.26. The van der Waals surface area contributed by atoms with Crippen LogP contribution in [-0.4, -0.2) is 25.7 Å². The van der Waals surface area contributed by atoms with Crippen molar-refractivity contribution in [2.24, 2.45) is 0 Å². The third kappa shape index (κ3) is 4.45. The van der Waals surface area contributed by atoms with Gasteiger partial charge in [0.15, 0.2) is 0 Å². The summed E-state index contributed by atoms with van der Waals surface area (Å²) in [5.74, 6) is -0.527. The molecule has 1 aliphatic rings. The van der Waals surface area contributed by atoms with Crippen LogP contribution in [0.4, 0.5) is 0 Å². The van der Waals surface area contributed by atoms with Gasteiger partial charge in [-0.15, -0.1) is 0 Å². The van der Waals surface area contributed by atoms with E-state index in [0.29, 0.717) is 31.0 Å². The first-order valence-electron chi connectivity index (χ1n) is 7.53. The zero-order valence-electron chi connectivity index (χ0n) is 13.3. The quantitative estimate of drug-likeness (QED) is 0.617. The number of esters is 2. The Bertz CT molecular complexity index is 616. The molecule has 0 amide bonds. The maximum absolute atomic E-state index is 12.2. The Kier molecular flexibility index (Phi) is 5.97. The van der Waals surface area contributed by atoms with Gasteiger partial charge in [0, 0.05) is 6.42 Å².